The van der Waals surface area contributed by atoms with Crippen LogP contribution < -0.4 is 5.73 Å². The van der Waals surface area contributed by atoms with Crippen LogP contribution in [-0.4, -0.2) is 16.6 Å². The third kappa shape index (κ3) is 3.18. The van der Waals surface area contributed by atoms with Gasteiger partial charge in [0.25, 0.3) is 0 Å². The molecule has 62 valence electrons. The molecule has 0 heterocycles. The molecule has 3 heteroatoms. The van der Waals surface area contributed by atoms with Gasteiger partial charge in [-0.2, -0.15) is 0 Å². The number of rotatable bonds is 4. The SMILES string of the molecule is NC1(CC/C=C/C(=O)O)CC1. The Morgan fingerprint density at radius 2 is 2.27 bits per heavy atom. The number of nitrogens with two attached hydrogens (primary N) is 1. The first-order chi connectivity index (χ1) is 5.12. The van der Waals surface area contributed by atoms with Crippen LogP contribution in [0.2, 0.25) is 0 Å². The topological polar surface area (TPSA) is 63.3 Å². The minimum Gasteiger partial charge on any atom is -0.478 e. The standard InChI is InChI=1S/C8H13NO2/c9-8(5-6-8)4-2-1-3-7(10)11/h1,3H,2,4-6,9H2,(H,10,11)/b3-1+. The average molecular weight is 155 g/mol. The Balaban J connectivity index is 2.08. The second kappa shape index (κ2) is 3.05. The first-order valence-corrected chi connectivity index (χ1v) is 3.81. The Labute approximate surface area is 65.9 Å². The lowest BCUT2D eigenvalue weighted by molar-refractivity contribution is -0.131. The second-order valence-electron chi connectivity index (χ2n) is 3.14. The van der Waals surface area contributed by atoms with E-state index in [2.05, 4.69) is 0 Å². The largest absolute Gasteiger partial charge is 0.478 e. The van der Waals surface area contributed by atoms with Gasteiger partial charge >= 0.3 is 5.97 Å². The molecule has 1 saturated carbocycles. The van der Waals surface area contributed by atoms with Crippen LogP contribution in [0.25, 0.3) is 0 Å². The van der Waals surface area contributed by atoms with Crippen LogP contribution in [-0.2, 0) is 4.79 Å². The van der Waals surface area contributed by atoms with E-state index < -0.39 is 5.97 Å². The molecule has 1 fully saturated rings. The maximum Gasteiger partial charge on any atom is 0.327 e. The molecule has 0 aromatic rings. The molecule has 0 radical (unpaired) electrons. The lowest BCUT2D eigenvalue weighted by atomic mass is 10.1. The minimum absolute atomic E-state index is 0.0445. The van der Waals surface area contributed by atoms with Crippen molar-refractivity contribution in [3.8, 4) is 0 Å². The van der Waals surface area contributed by atoms with Gasteiger partial charge in [0.05, 0.1) is 0 Å². The van der Waals surface area contributed by atoms with Gasteiger partial charge in [-0.05, 0) is 25.7 Å². The summed E-state index contributed by atoms with van der Waals surface area (Å²) in [5, 5.41) is 8.24. The Morgan fingerprint density at radius 1 is 1.64 bits per heavy atom. The van der Waals surface area contributed by atoms with Crippen molar-refractivity contribution in [2.75, 3.05) is 0 Å². The molecule has 3 nitrogen and oxygen atoms in total. The third-order valence-electron chi connectivity index (χ3n) is 1.96. The van der Waals surface area contributed by atoms with Gasteiger partial charge in [-0.3, -0.25) is 0 Å². The van der Waals surface area contributed by atoms with E-state index in [4.69, 9.17) is 10.8 Å². The van der Waals surface area contributed by atoms with E-state index in [9.17, 15) is 4.79 Å². The lowest BCUT2D eigenvalue weighted by Crippen LogP contribution is -2.20. The molecular formula is C8H13NO2. The van der Waals surface area contributed by atoms with Crippen LogP contribution in [0.1, 0.15) is 25.7 Å². The molecule has 0 aromatic carbocycles. The van der Waals surface area contributed by atoms with Gasteiger partial charge in [0, 0.05) is 11.6 Å². The Bertz CT molecular complexity index is 183. The van der Waals surface area contributed by atoms with Gasteiger partial charge in [-0.25, -0.2) is 4.79 Å². The highest BCUT2D eigenvalue weighted by molar-refractivity contribution is 5.79. The Kier molecular flexibility index (Phi) is 2.29. The minimum atomic E-state index is -0.883. The molecule has 0 saturated heterocycles. The summed E-state index contributed by atoms with van der Waals surface area (Å²) in [6.45, 7) is 0. The van der Waals surface area contributed by atoms with E-state index >= 15 is 0 Å². The average Bonchev–Trinajstić information content (AvgIpc) is 2.62. The molecule has 11 heavy (non-hydrogen) atoms. The molecule has 0 atom stereocenters. The number of aliphatic carboxylic acids is 1. The molecule has 0 unspecified atom stereocenters. The van der Waals surface area contributed by atoms with Crippen molar-refractivity contribution in [1.82, 2.24) is 0 Å². The van der Waals surface area contributed by atoms with Crippen molar-refractivity contribution in [3.63, 3.8) is 0 Å². The molecule has 0 aromatic heterocycles. The summed E-state index contributed by atoms with van der Waals surface area (Å²) in [5.41, 5.74) is 5.83. The van der Waals surface area contributed by atoms with Crippen molar-refractivity contribution in [1.29, 1.82) is 0 Å². The van der Waals surface area contributed by atoms with Crippen molar-refractivity contribution < 1.29 is 9.90 Å². The molecule has 0 amide bonds. The van der Waals surface area contributed by atoms with Crippen LogP contribution in [0.3, 0.4) is 0 Å². The quantitative estimate of drug-likeness (QED) is 0.593. The predicted octanol–water partition coefficient (Wildman–Crippen LogP) is 0.899. The lowest BCUT2D eigenvalue weighted by Gasteiger charge is -2.03. The van der Waals surface area contributed by atoms with E-state index in [1.807, 2.05) is 0 Å². The summed E-state index contributed by atoms with van der Waals surface area (Å²) in [7, 11) is 0. The van der Waals surface area contributed by atoms with E-state index in [0.29, 0.717) is 0 Å². The predicted molar refractivity (Wildman–Crippen MR) is 42.2 cm³/mol. The molecule has 1 rings (SSSR count). The first kappa shape index (κ1) is 8.27. The monoisotopic (exact) mass is 155 g/mol. The van der Waals surface area contributed by atoms with Crippen LogP contribution in [0, 0.1) is 0 Å². The normalized spacial score (nSPS) is 20.5. The van der Waals surface area contributed by atoms with E-state index in [-0.39, 0.29) is 5.54 Å². The van der Waals surface area contributed by atoms with Crippen LogP contribution in [0.4, 0.5) is 0 Å². The van der Waals surface area contributed by atoms with Gasteiger partial charge in [0.15, 0.2) is 0 Å². The molecule has 0 spiro atoms. The highest BCUT2D eigenvalue weighted by Crippen LogP contribution is 2.36. The fourth-order valence-corrected chi connectivity index (χ4v) is 0.965. The fourth-order valence-electron chi connectivity index (χ4n) is 0.965. The highest BCUT2D eigenvalue weighted by Gasteiger charge is 2.36. The zero-order valence-electron chi connectivity index (χ0n) is 6.42. The molecular weight excluding hydrogens is 142 g/mol. The van der Waals surface area contributed by atoms with Crippen molar-refractivity contribution in [3.05, 3.63) is 12.2 Å². The zero-order chi connectivity index (χ0) is 8.32. The van der Waals surface area contributed by atoms with E-state index in [0.717, 1.165) is 25.7 Å². The van der Waals surface area contributed by atoms with Crippen LogP contribution >= 0.6 is 0 Å². The van der Waals surface area contributed by atoms with Gasteiger partial charge < -0.3 is 10.8 Å². The molecule has 1 aliphatic carbocycles. The van der Waals surface area contributed by atoms with Gasteiger partial charge in [-0.1, -0.05) is 6.08 Å². The number of carboxylic acid groups (broad SMARTS) is 1. The van der Waals surface area contributed by atoms with E-state index in [1.54, 1.807) is 6.08 Å². The number of carbonyl (C=O) groups is 1. The number of hydrogen-bond donors (Lipinski definition) is 2. The summed E-state index contributed by atoms with van der Waals surface area (Å²) in [5.74, 6) is -0.883. The zero-order valence-corrected chi connectivity index (χ0v) is 6.42. The van der Waals surface area contributed by atoms with Gasteiger partial charge in [0.1, 0.15) is 0 Å². The maximum atomic E-state index is 10.0. The second-order valence-corrected chi connectivity index (χ2v) is 3.14. The summed E-state index contributed by atoms with van der Waals surface area (Å²) in [6.07, 6.45) is 6.71. The van der Waals surface area contributed by atoms with Crippen LogP contribution in [0.5, 0.6) is 0 Å². The number of allylic oxidation sites excluding steroid dienone is 1. The number of carboxylic acids is 1. The maximum absolute atomic E-state index is 10.0. The van der Waals surface area contributed by atoms with Crippen molar-refractivity contribution >= 4 is 5.97 Å². The summed E-state index contributed by atoms with van der Waals surface area (Å²) in [6, 6.07) is 0. The third-order valence-corrected chi connectivity index (χ3v) is 1.96. The number of hydrogen-bond acceptors (Lipinski definition) is 2. The van der Waals surface area contributed by atoms with Crippen LogP contribution in [0.15, 0.2) is 12.2 Å². The van der Waals surface area contributed by atoms with Crippen molar-refractivity contribution in [2.45, 2.75) is 31.2 Å². The summed E-state index contributed by atoms with van der Waals surface area (Å²) >= 11 is 0. The van der Waals surface area contributed by atoms with Gasteiger partial charge in [-0.15, -0.1) is 0 Å². The smallest absolute Gasteiger partial charge is 0.327 e. The molecule has 3 N–H and O–H groups in total. The van der Waals surface area contributed by atoms with Gasteiger partial charge in [0.2, 0.25) is 0 Å². The summed E-state index contributed by atoms with van der Waals surface area (Å²) in [4.78, 5) is 10.0. The van der Waals surface area contributed by atoms with Crippen molar-refractivity contribution in [2.24, 2.45) is 5.73 Å². The highest BCUT2D eigenvalue weighted by atomic mass is 16.4. The Hall–Kier alpha value is -0.830. The van der Waals surface area contributed by atoms with E-state index in [1.165, 1.54) is 6.08 Å². The fraction of sp³-hybridized carbons (Fsp3) is 0.625. The first-order valence-electron chi connectivity index (χ1n) is 3.81. The Morgan fingerprint density at radius 3 is 2.73 bits per heavy atom. The summed E-state index contributed by atoms with van der Waals surface area (Å²) < 4.78 is 0. The molecule has 0 bridgehead atoms. The molecule has 0 aliphatic heterocycles. The molecule has 1 aliphatic rings.